The first-order valence-electron chi connectivity index (χ1n) is 10.7. The lowest BCUT2D eigenvalue weighted by atomic mass is 9.91. The highest BCUT2D eigenvalue weighted by Gasteiger charge is 2.28. The molecule has 5 rings (SSSR count). The summed E-state index contributed by atoms with van der Waals surface area (Å²) in [5, 5.41) is 0. The lowest BCUT2D eigenvalue weighted by Gasteiger charge is -2.34. The second-order valence-corrected chi connectivity index (χ2v) is 9.33. The van der Waals surface area contributed by atoms with Crippen molar-refractivity contribution < 1.29 is 9.59 Å². The smallest absolute Gasteiger partial charge is 0.264 e. The van der Waals surface area contributed by atoms with Crippen LogP contribution in [0.25, 0.3) is 10.4 Å². The summed E-state index contributed by atoms with van der Waals surface area (Å²) in [6, 6.07) is 10.7. The highest BCUT2D eigenvalue weighted by atomic mass is 32.1. The minimum Gasteiger partial charge on any atom is -0.342 e. The van der Waals surface area contributed by atoms with Crippen LogP contribution in [0.15, 0.2) is 30.3 Å². The molecule has 3 aliphatic rings. The standard InChI is InChI=1S/C23H27N3O2S/c27-21(25-9-3-4-10-25)16-24-11-13-26(14-12-24)23(28)20-15-18-8-7-17-5-1-2-6-19(17)22(18)29-20/h1-2,5-6,15H,3-4,7-14,16H2. The molecule has 0 spiro atoms. The van der Waals surface area contributed by atoms with E-state index in [0.717, 1.165) is 56.7 Å². The molecule has 0 radical (unpaired) electrons. The Kier molecular flexibility index (Phi) is 5.14. The number of hydrogen-bond donors (Lipinski definition) is 0. The average molecular weight is 410 g/mol. The lowest BCUT2D eigenvalue weighted by Crippen LogP contribution is -2.51. The highest BCUT2D eigenvalue weighted by Crippen LogP contribution is 2.39. The van der Waals surface area contributed by atoms with Crippen LogP contribution in [0.2, 0.25) is 0 Å². The van der Waals surface area contributed by atoms with Gasteiger partial charge in [-0.15, -0.1) is 11.3 Å². The quantitative estimate of drug-likeness (QED) is 0.783. The van der Waals surface area contributed by atoms with Crippen LogP contribution in [0.4, 0.5) is 0 Å². The Morgan fingerprint density at radius 2 is 1.59 bits per heavy atom. The van der Waals surface area contributed by atoms with E-state index < -0.39 is 0 Å². The average Bonchev–Trinajstić information content (AvgIpc) is 3.44. The molecule has 1 aromatic carbocycles. The molecule has 6 heteroatoms. The number of carbonyl (C=O) groups is 2. The number of carbonyl (C=O) groups excluding carboxylic acids is 2. The zero-order chi connectivity index (χ0) is 19.8. The maximum Gasteiger partial charge on any atom is 0.264 e. The van der Waals surface area contributed by atoms with Gasteiger partial charge in [0.1, 0.15) is 0 Å². The molecule has 1 aromatic heterocycles. The van der Waals surface area contributed by atoms with Crippen LogP contribution in [0.5, 0.6) is 0 Å². The molecule has 3 heterocycles. The number of thiophene rings is 1. The number of piperazine rings is 1. The molecule has 0 bridgehead atoms. The Labute approximate surface area is 175 Å². The summed E-state index contributed by atoms with van der Waals surface area (Å²) < 4.78 is 0. The minimum absolute atomic E-state index is 0.146. The summed E-state index contributed by atoms with van der Waals surface area (Å²) in [6.45, 7) is 5.26. The number of nitrogens with zero attached hydrogens (tertiary/aromatic N) is 3. The molecule has 2 amide bonds. The van der Waals surface area contributed by atoms with Crippen LogP contribution in [0.1, 0.15) is 33.6 Å². The zero-order valence-electron chi connectivity index (χ0n) is 16.7. The predicted molar refractivity (Wildman–Crippen MR) is 115 cm³/mol. The van der Waals surface area contributed by atoms with Crippen molar-refractivity contribution in [1.82, 2.24) is 14.7 Å². The van der Waals surface area contributed by atoms with Gasteiger partial charge in [-0.3, -0.25) is 14.5 Å². The van der Waals surface area contributed by atoms with E-state index in [1.54, 1.807) is 11.3 Å². The van der Waals surface area contributed by atoms with Gasteiger partial charge in [0.2, 0.25) is 5.91 Å². The summed E-state index contributed by atoms with van der Waals surface area (Å²) in [7, 11) is 0. The van der Waals surface area contributed by atoms with E-state index in [4.69, 9.17) is 0 Å². The van der Waals surface area contributed by atoms with Crippen molar-refractivity contribution in [1.29, 1.82) is 0 Å². The van der Waals surface area contributed by atoms with Crippen molar-refractivity contribution in [2.45, 2.75) is 25.7 Å². The first kappa shape index (κ1) is 18.8. The van der Waals surface area contributed by atoms with E-state index in [1.807, 2.05) is 9.80 Å². The third kappa shape index (κ3) is 3.71. The topological polar surface area (TPSA) is 43.9 Å². The molecular weight excluding hydrogens is 382 g/mol. The Morgan fingerprint density at radius 1 is 0.862 bits per heavy atom. The molecule has 1 aliphatic carbocycles. The molecule has 0 atom stereocenters. The normalized spacial score (nSPS) is 19.2. The van der Waals surface area contributed by atoms with E-state index in [9.17, 15) is 9.59 Å². The fourth-order valence-electron chi connectivity index (χ4n) is 4.70. The third-order valence-corrected chi connectivity index (χ3v) is 7.62. The van der Waals surface area contributed by atoms with Crippen molar-refractivity contribution in [2.75, 3.05) is 45.8 Å². The summed E-state index contributed by atoms with van der Waals surface area (Å²) >= 11 is 1.64. The third-order valence-electron chi connectivity index (χ3n) is 6.42. The van der Waals surface area contributed by atoms with Gasteiger partial charge in [0.05, 0.1) is 11.4 Å². The Balaban J connectivity index is 1.22. The Morgan fingerprint density at radius 3 is 2.38 bits per heavy atom. The fraction of sp³-hybridized carbons (Fsp3) is 0.478. The fourth-order valence-corrected chi connectivity index (χ4v) is 5.94. The molecule has 29 heavy (non-hydrogen) atoms. The second kappa shape index (κ2) is 7.92. The van der Waals surface area contributed by atoms with E-state index in [-0.39, 0.29) is 11.8 Å². The van der Waals surface area contributed by atoms with Crippen LogP contribution >= 0.6 is 11.3 Å². The van der Waals surface area contributed by atoms with Crippen LogP contribution in [-0.4, -0.2) is 72.3 Å². The van der Waals surface area contributed by atoms with Gasteiger partial charge in [0, 0.05) is 44.1 Å². The molecule has 0 saturated carbocycles. The van der Waals surface area contributed by atoms with Crippen molar-refractivity contribution in [3.05, 3.63) is 46.3 Å². The molecule has 0 N–H and O–H groups in total. The number of fused-ring (bicyclic) bond motifs is 3. The predicted octanol–water partition coefficient (Wildman–Crippen LogP) is 2.89. The van der Waals surface area contributed by atoms with E-state index in [1.165, 1.54) is 21.6 Å². The van der Waals surface area contributed by atoms with Gasteiger partial charge in [0.15, 0.2) is 0 Å². The number of likely N-dealkylation sites (tertiary alicyclic amines) is 1. The molecule has 2 aliphatic heterocycles. The van der Waals surface area contributed by atoms with E-state index in [0.29, 0.717) is 19.6 Å². The molecule has 5 nitrogen and oxygen atoms in total. The number of amides is 2. The van der Waals surface area contributed by atoms with Crippen molar-refractivity contribution in [2.24, 2.45) is 0 Å². The van der Waals surface area contributed by atoms with Crippen LogP contribution < -0.4 is 0 Å². The van der Waals surface area contributed by atoms with E-state index >= 15 is 0 Å². The molecular formula is C23H27N3O2S. The minimum atomic E-state index is 0.146. The van der Waals surface area contributed by atoms with Gasteiger partial charge in [-0.1, -0.05) is 24.3 Å². The van der Waals surface area contributed by atoms with Crippen LogP contribution in [0, 0.1) is 0 Å². The summed E-state index contributed by atoms with van der Waals surface area (Å²) in [5.41, 5.74) is 3.99. The monoisotopic (exact) mass is 409 g/mol. The summed E-state index contributed by atoms with van der Waals surface area (Å²) in [6.07, 6.45) is 4.33. The first-order valence-corrected chi connectivity index (χ1v) is 11.5. The van der Waals surface area contributed by atoms with Gasteiger partial charge < -0.3 is 9.80 Å². The lowest BCUT2D eigenvalue weighted by molar-refractivity contribution is -0.131. The number of benzene rings is 1. The largest absolute Gasteiger partial charge is 0.342 e. The number of aryl methyl sites for hydroxylation is 2. The second-order valence-electron chi connectivity index (χ2n) is 8.28. The Hall–Kier alpha value is -2.18. The number of rotatable bonds is 3. The Bertz CT molecular complexity index is 924. The number of hydrogen-bond acceptors (Lipinski definition) is 4. The molecule has 2 saturated heterocycles. The SMILES string of the molecule is O=C(CN1CCN(C(=O)c2cc3c(s2)-c2ccccc2CC3)CC1)N1CCCC1. The van der Waals surface area contributed by atoms with Crippen molar-refractivity contribution >= 4 is 23.2 Å². The maximum absolute atomic E-state index is 13.1. The van der Waals surface area contributed by atoms with Crippen molar-refractivity contribution in [3.63, 3.8) is 0 Å². The van der Waals surface area contributed by atoms with Gasteiger partial charge in [0.25, 0.3) is 5.91 Å². The van der Waals surface area contributed by atoms with Gasteiger partial charge >= 0.3 is 0 Å². The zero-order valence-corrected chi connectivity index (χ0v) is 17.5. The maximum atomic E-state index is 13.1. The first-order chi connectivity index (χ1) is 14.2. The van der Waals surface area contributed by atoms with E-state index in [2.05, 4.69) is 35.2 Å². The van der Waals surface area contributed by atoms with Gasteiger partial charge in [-0.2, -0.15) is 0 Å². The highest BCUT2D eigenvalue weighted by molar-refractivity contribution is 7.17. The van der Waals surface area contributed by atoms with Crippen molar-refractivity contribution in [3.8, 4) is 10.4 Å². The van der Waals surface area contributed by atoms with Gasteiger partial charge in [-0.05, 0) is 48.4 Å². The molecule has 0 unspecified atom stereocenters. The molecule has 152 valence electrons. The summed E-state index contributed by atoms with van der Waals surface area (Å²) in [4.78, 5) is 33.7. The molecule has 2 fully saturated rings. The molecule has 2 aromatic rings. The summed E-state index contributed by atoms with van der Waals surface area (Å²) in [5.74, 6) is 0.388. The van der Waals surface area contributed by atoms with Crippen LogP contribution in [0.3, 0.4) is 0 Å². The van der Waals surface area contributed by atoms with Crippen LogP contribution in [-0.2, 0) is 17.6 Å². The van der Waals surface area contributed by atoms with Gasteiger partial charge in [-0.25, -0.2) is 0 Å².